The van der Waals surface area contributed by atoms with Crippen molar-refractivity contribution in [3.63, 3.8) is 0 Å². The molecule has 1 atom stereocenters. The van der Waals surface area contributed by atoms with E-state index in [1.54, 1.807) is 12.5 Å². The number of amides is 2. The number of nitrogens with one attached hydrogen (secondary N) is 1. The average molecular weight is 205 g/mol. The van der Waals surface area contributed by atoms with Gasteiger partial charge in [0.2, 0.25) is 0 Å². The Balaban J connectivity index is 1.95. The minimum atomic E-state index is -0.374. The first-order valence-corrected chi connectivity index (χ1v) is 4.92. The molecule has 78 valence electrons. The van der Waals surface area contributed by atoms with Gasteiger partial charge in [0.15, 0.2) is 0 Å². The van der Waals surface area contributed by atoms with Gasteiger partial charge in [-0.3, -0.25) is 0 Å². The molecular formula is C9H11N5O. The van der Waals surface area contributed by atoms with Crippen molar-refractivity contribution in [1.82, 2.24) is 14.9 Å². The van der Waals surface area contributed by atoms with Crippen LogP contribution >= 0.6 is 0 Å². The number of urea groups is 1. The summed E-state index contributed by atoms with van der Waals surface area (Å²) in [6, 6.07) is -0.158. The average Bonchev–Trinajstić information content (AvgIpc) is 2.83. The van der Waals surface area contributed by atoms with Gasteiger partial charge in [-0.1, -0.05) is 0 Å². The largest absolute Gasteiger partial charge is 0.385 e. The van der Waals surface area contributed by atoms with Crippen LogP contribution in [0.4, 0.5) is 4.79 Å². The normalized spacial score (nSPS) is 25.2. The van der Waals surface area contributed by atoms with Gasteiger partial charge in [-0.2, -0.15) is 4.99 Å². The van der Waals surface area contributed by atoms with E-state index in [-0.39, 0.29) is 12.1 Å². The summed E-state index contributed by atoms with van der Waals surface area (Å²) < 4.78 is 2.07. The summed E-state index contributed by atoms with van der Waals surface area (Å²) in [5, 5.41) is 2.70. The lowest BCUT2D eigenvalue weighted by molar-refractivity contribution is 0.250. The first kappa shape index (κ1) is 8.46. The monoisotopic (exact) mass is 205 g/mol. The fourth-order valence-corrected chi connectivity index (χ4v) is 1.83. The van der Waals surface area contributed by atoms with Gasteiger partial charge in [0.05, 0.1) is 18.2 Å². The van der Waals surface area contributed by atoms with Crippen LogP contribution in [0.15, 0.2) is 17.5 Å². The molecule has 6 nitrogen and oxygen atoms in total. The molecule has 1 aliphatic carbocycles. The number of carbonyl (C=O) groups excluding carboxylic acids is 1. The number of hydrogen-bond acceptors (Lipinski definition) is 3. The zero-order valence-corrected chi connectivity index (χ0v) is 8.05. The Morgan fingerprint density at radius 3 is 2.93 bits per heavy atom. The Bertz CT molecular complexity index is 445. The molecule has 1 aliphatic heterocycles. The van der Waals surface area contributed by atoms with E-state index in [0.717, 1.165) is 5.69 Å². The Kier molecular flexibility index (Phi) is 1.59. The predicted molar refractivity (Wildman–Crippen MR) is 53.4 cm³/mol. The fraction of sp³-hybridized carbons (Fsp3) is 0.444. The highest BCUT2D eigenvalue weighted by molar-refractivity contribution is 6.03. The smallest absolute Gasteiger partial charge is 0.343 e. The molecule has 2 heterocycles. The third kappa shape index (κ3) is 1.29. The number of nitrogens with two attached hydrogens (primary N) is 1. The number of hydrogen-bond donors (Lipinski definition) is 2. The fourth-order valence-electron chi connectivity index (χ4n) is 1.83. The van der Waals surface area contributed by atoms with Gasteiger partial charge in [-0.25, -0.2) is 9.78 Å². The second kappa shape index (κ2) is 2.82. The molecule has 1 fully saturated rings. The molecule has 1 saturated carbocycles. The van der Waals surface area contributed by atoms with E-state index < -0.39 is 0 Å². The zero-order chi connectivity index (χ0) is 10.4. The van der Waals surface area contributed by atoms with Gasteiger partial charge in [0.1, 0.15) is 11.9 Å². The van der Waals surface area contributed by atoms with E-state index >= 15 is 0 Å². The van der Waals surface area contributed by atoms with Crippen molar-refractivity contribution in [1.29, 1.82) is 0 Å². The van der Waals surface area contributed by atoms with Gasteiger partial charge < -0.3 is 15.6 Å². The molecule has 0 bridgehead atoms. The van der Waals surface area contributed by atoms with Gasteiger partial charge in [-0.05, 0) is 12.8 Å². The summed E-state index contributed by atoms with van der Waals surface area (Å²) in [6.07, 6.45) is 5.85. The Labute approximate surface area is 86.2 Å². The lowest BCUT2D eigenvalue weighted by atomic mass is 10.2. The summed E-state index contributed by atoms with van der Waals surface area (Å²) in [5.74, 6) is 0.322. The molecule has 2 aliphatic rings. The number of nitrogens with zero attached hydrogens (tertiary/aromatic N) is 3. The number of amidine groups is 1. The van der Waals surface area contributed by atoms with E-state index in [9.17, 15) is 4.79 Å². The van der Waals surface area contributed by atoms with Crippen LogP contribution in [-0.4, -0.2) is 21.4 Å². The quantitative estimate of drug-likeness (QED) is 0.730. The molecule has 0 radical (unpaired) electrons. The molecule has 15 heavy (non-hydrogen) atoms. The molecule has 0 spiro atoms. The first-order valence-electron chi connectivity index (χ1n) is 4.92. The van der Waals surface area contributed by atoms with Crippen LogP contribution in [0.1, 0.15) is 30.6 Å². The number of aromatic nitrogens is 2. The SMILES string of the molecule is NC1=NC(=O)NC1c1cncn1C1CC1. The third-order valence-electron chi connectivity index (χ3n) is 2.73. The standard InChI is InChI=1S/C9H11N5O/c10-8-7(12-9(15)13-8)6-3-11-4-14(6)5-1-2-5/h3-5,7H,1-2H2,(H3,10,12,13,15). The first-order chi connectivity index (χ1) is 7.25. The summed E-state index contributed by atoms with van der Waals surface area (Å²) in [5.41, 5.74) is 6.60. The third-order valence-corrected chi connectivity index (χ3v) is 2.73. The minimum absolute atomic E-state index is 0.305. The molecule has 3 rings (SSSR count). The topological polar surface area (TPSA) is 85.3 Å². The highest BCUT2D eigenvalue weighted by Crippen LogP contribution is 2.37. The summed E-state index contributed by atoms with van der Waals surface area (Å²) in [4.78, 5) is 18.8. The van der Waals surface area contributed by atoms with E-state index in [1.807, 2.05) is 0 Å². The van der Waals surface area contributed by atoms with E-state index in [2.05, 4.69) is 19.9 Å². The summed E-state index contributed by atoms with van der Waals surface area (Å²) in [6.45, 7) is 0. The molecule has 0 aromatic carbocycles. The predicted octanol–water partition coefficient (Wildman–Crippen LogP) is 0.339. The van der Waals surface area contributed by atoms with Gasteiger partial charge in [0, 0.05) is 6.04 Å². The van der Waals surface area contributed by atoms with E-state index in [4.69, 9.17) is 5.73 Å². The van der Waals surface area contributed by atoms with Gasteiger partial charge >= 0.3 is 6.03 Å². The van der Waals surface area contributed by atoms with Crippen molar-refractivity contribution < 1.29 is 4.79 Å². The van der Waals surface area contributed by atoms with Crippen LogP contribution in [0.5, 0.6) is 0 Å². The van der Waals surface area contributed by atoms with Crippen LogP contribution in [0, 0.1) is 0 Å². The Morgan fingerprint density at radius 2 is 2.33 bits per heavy atom. The van der Waals surface area contributed by atoms with E-state index in [1.165, 1.54) is 12.8 Å². The second-order valence-corrected chi connectivity index (χ2v) is 3.88. The van der Waals surface area contributed by atoms with Gasteiger partial charge in [0.25, 0.3) is 0 Å². The molecule has 6 heteroatoms. The number of rotatable bonds is 2. The number of imidazole rings is 1. The second-order valence-electron chi connectivity index (χ2n) is 3.88. The van der Waals surface area contributed by atoms with Crippen molar-refractivity contribution in [3.05, 3.63) is 18.2 Å². The molecule has 2 amide bonds. The Hall–Kier alpha value is -1.85. The number of aliphatic imine (C=N–C) groups is 1. The molecule has 1 unspecified atom stereocenters. The van der Waals surface area contributed by atoms with E-state index in [0.29, 0.717) is 11.9 Å². The molecule has 1 aromatic rings. The van der Waals surface area contributed by atoms with Crippen LogP contribution in [0.3, 0.4) is 0 Å². The van der Waals surface area contributed by atoms with Crippen LogP contribution in [0.2, 0.25) is 0 Å². The van der Waals surface area contributed by atoms with Gasteiger partial charge in [-0.15, -0.1) is 0 Å². The lowest BCUT2D eigenvalue weighted by Gasteiger charge is -2.12. The van der Waals surface area contributed by atoms with Crippen molar-refractivity contribution in [3.8, 4) is 0 Å². The number of carbonyl (C=O) groups is 1. The highest BCUT2D eigenvalue weighted by atomic mass is 16.2. The molecule has 1 aromatic heterocycles. The molecule has 3 N–H and O–H groups in total. The zero-order valence-electron chi connectivity index (χ0n) is 8.05. The Morgan fingerprint density at radius 1 is 1.53 bits per heavy atom. The van der Waals surface area contributed by atoms with Crippen molar-refractivity contribution in [2.45, 2.75) is 24.9 Å². The maximum absolute atomic E-state index is 11.0. The van der Waals surface area contributed by atoms with Crippen LogP contribution in [0.25, 0.3) is 0 Å². The van der Waals surface area contributed by atoms with Crippen LogP contribution in [-0.2, 0) is 0 Å². The highest BCUT2D eigenvalue weighted by Gasteiger charge is 2.32. The maximum Gasteiger partial charge on any atom is 0.343 e. The maximum atomic E-state index is 11.0. The van der Waals surface area contributed by atoms with Crippen molar-refractivity contribution in [2.24, 2.45) is 10.7 Å². The minimum Gasteiger partial charge on any atom is -0.385 e. The lowest BCUT2D eigenvalue weighted by Crippen LogP contribution is -2.29. The molecule has 0 saturated heterocycles. The van der Waals surface area contributed by atoms with Crippen molar-refractivity contribution in [2.75, 3.05) is 0 Å². The van der Waals surface area contributed by atoms with Crippen molar-refractivity contribution >= 4 is 11.9 Å². The summed E-state index contributed by atoms with van der Waals surface area (Å²) >= 11 is 0. The molecular weight excluding hydrogens is 194 g/mol. The summed E-state index contributed by atoms with van der Waals surface area (Å²) in [7, 11) is 0. The van der Waals surface area contributed by atoms with Crippen LogP contribution < -0.4 is 11.1 Å².